The van der Waals surface area contributed by atoms with Gasteiger partial charge in [-0.15, -0.1) is 0 Å². The Labute approximate surface area is 95.5 Å². The van der Waals surface area contributed by atoms with E-state index < -0.39 is 0 Å². The monoisotopic (exact) mass is 219 g/mol. The second-order valence-electron chi connectivity index (χ2n) is 4.77. The van der Waals surface area contributed by atoms with E-state index in [1.807, 2.05) is 4.68 Å². The predicted molar refractivity (Wildman–Crippen MR) is 59.5 cm³/mol. The van der Waals surface area contributed by atoms with E-state index in [9.17, 15) is 5.26 Å². The van der Waals surface area contributed by atoms with Crippen molar-refractivity contribution in [2.45, 2.75) is 50.7 Å². The Kier molecular flexibility index (Phi) is 2.92. The minimum Gasteiger partial charge on any atom is -0.297 e. The van der Waals surface area contributed by atoms with Gasteiger partial charge in [-0.3, -0.25) is 5.32 Å². The van der Waals surface area contributed by atoms with Gasteiger partial charge >= 0.3 is 0 Å². The zero-order valence-corrected chi connectivity index (χ0v) is 9.72. The lowest BCUT2D eigenvalue weighted by Gasteiger charge is -2.25. The number of nitrogens with zero attached hydrogens (tertiary/aromatic N) is 4. The topological polar surface area (TPSA) is 66.5 Å². The fourth-order valence-corrected chi connectivity index (χ4v) is 2.47. The summed E-state index contributed by atoms with van der Waals surface area (Å²) in [6.07, 6.45) is 5.95. The summed E-state index contributed by atoms with van der Waals surface area (Å²) in [6.45, 7) is 4.14. The molecule has 1 aliphatic rings. The molecule has 1 N–H and O–H groups in total. The lowest BCUT2D eigenvalue weighted by Crippen LogP contribution is -2.45. The van der Waals surface area contributed by atoms with Crippen LogP contribution in [0.25, 0.3) is 0 Å². The average molecular weight is 219 g/mol. The van der Waals surface area contributed by atoms with Gasteiger partial charge in [0, 0.05) is 12.5 Å². The van der Waals surface area contributed by atoms with Crippen LogP contribution in [0, 0.1) is 11.3 Å². The summed E-state index contributed by atoms with van der Waals surface area (Å²) in [5, 5.41) is 16.8. The second-order valence-corrected chi connectivity index (χ2v) is 4.77. The van der Waals surface area contributed by atoms with Gasteiger partial charge in [0.1, 0.15) is 18.2 Å². The van der Waals surface area contributed by atoms with Crippen molar-refractivity contribution in [3.8, 4) is 6.07 Å². The maximum absolute atomic E-state index is 9.32. The summed E-state index contributed by atoms with van der Waals surface area (Å²) in [6, 6.07) is 3.06. The summed E-state index contributed by atoms with van der Waals surface area (Å²) < 4.78 is 1.86. The van der Waals surface area contributed by atoms with Crippen molar-refractivity contribution >= 4 is 0 Å². The Bertz CT molecular complexity index is 378. The van der Waals surface area contributed by atoms with Crippen LogP contribution < -0.4 is 5.32 Å². The van der Waals surface area contributed by atoms with Gasteiger partial charge in [0.25, 0.3) is 0 Å². The first kappa shape index (κ1) is 11.1. The Morgan fingerprint density at radius 1 is 1.62 bits per heavy atom. The van der Waals surface area contributed by atoms with Crippen LogP contribution in [0.1, 0.15) is 39.2 Å². The highest BCUT2D eigenvalue weighted by Gasteiger charge is 2.40. The Hall–Kier alpha value is -1.41. The van der Waals surface area contributed by atoms with Crippen molar-refractivity contribution in [2.75, 3.05) is 0 Å². The van der Waals surface area contributed by atoms with Gasteiger partial charge in [-0.05, 0) is 26.7 Å². The highest BCUT2D eigenvalue weighted by molar-refractivity contribution is 5.13. The molecule has 1 aliphatic carbocycles. The lowest BCUT2D eigenvalue weighted by molar-refractivity contribution is 0.361. The van der Waals surface area contributed by atoms with E-state index >= 15 is 0 Å². The average Bonchev–Trinajstić information content (AvgIpc) is 2.85. The fraction of sp³-hybridized carbons (Fsp3) is 0.727. The first-order valence-electron chi connectivity index (χ1n) is 5.68. The van der Waals surface area contributed by atoms with Crippen LogP contribution in [0.15, 0.2) is 12.7 Å². The summed E-state index contributed by atoms with van der Waals surface area (Å²) in [4.78, 5) is 3.95. The molecule has 5 nitrogen and oxygen atoms in total. The normalized spacial score (nSPS) is 29.5. The molecule has 1 heterocycles. The molecule has 16 heavy (non-hydrogen) atoms. The minimum absolute atomic E-state index is 0.299. The van der Waals surface area contributed by atoms with Gasteiger partial charge in [0.2, 0.25) is 0 Å². The molecule has 0 radical (unpaired) electrons. The molecule has 1 fully saturated rings. The summed E-state index contributed by atoms with van der Waals surface area (Å²) in [7, 11) is 0. The highest BCUT2D eigenvalue weighted by Crippen LogP contribution is 2.37. The van der Waals surface area contributed by atoms with Crippen molar-refractivity contribution < 1.29 is 0 Å². The summed E-state index contributed by atoms with van der Waals surface area (Å²) in [5.41, 5.74) is -0.384. The molecule has 0 bridgehead atoms. The standard InChI is InChI=1S/C11H17N5/c1-9(2)15-11(6-12)4-3-10(5-11)16-8-13-7-14-16/h7-10,15H,3-5H2,1-2H3. The van der Waals surface area contributed by atoms with E-state index in [1.165, 1.54) is 0 Å². The SMILES string of the molecule is CC(C)NC1(C#N)CCC(n2cncn2)C1. The first-order valence-corrected chi connectivity index (χ1v) is 5.68. The zero-order valence-electron chi connectivity index (χ0n) is 9.72. The van der Waals surface area contributed by atoms with Crippen LogP contribution in [0.3, 0.4) is 0 Å². The Morgan fingerprint density at radius 2 is 2.44 bits per heavy atom. The molecule has 0 spiro atoms. The van der Waals surface area contributed by atoms with E-state index in [1.54, 1.807) is 12.7 Å². The van der Waals surface area contributed by atoms with Crippen LogP contribution in [-0.4, -0.2) is 26.3 Å². The van der Waals surface area contributed by atoms with Crippen molar-refractivity contribution in [1.29, 1.82) is 5.26 Å². The third-order valence-electron chi connectivity index (χ3n) is 3.08. The molecule has 2 atom stereocenters. The zero-order chi connectivity index (χ0) is 11.6. The van der Waals surface area contributed by atoms with Crippen molar-refractivity contribution in [2.24, 2.45) is 0 Å². The molecular formula is C11H17N5. The van der Waals surface area contributed by atoms with E-state index in [4.69, 9.17) is 0 Å². The smallest absolute Gasteiger partial charge is 0.137 e. The third-order valence-corrected chi connectivity index (χ3v) is 3.08. The molecule has 1 aromatic heterocycles. The molecule has 0 aliphatic heterocycles. The van der Waals surface area contributed by atoms with Gasteiger partial charge in [-0.2, -0.15) is 10.4 Å². The van der Waals surface area contributed by atoms with Gasteiger partial charge in [-0.25, -0.2) is 9.67 Å². The number of rotatable bonds is 3. The van der Waals surface area contributed by atoms with Crippen LogP contribution >= 0.6 is 0 Å². The molecule has 0 amide bonds. The number of nitriles is 1. The van der Waals surface area contributed by atoms with Crippen LogP contribution in [0.2, 0.25) is 0 Å². The quantitative estimate of drug-likeness (QED) is 0.831. The highest BCUT2D eigenvalue weighted by atomic mass is 15.3. The third kappa shape index (κ3) is 2.07. The Morgan fingerprint density at radius 3 is 3.00 bits per heavy atom. The minimum atomic E-state index is -0.384. The van der Waals surface area contributed by atoms with Crippen LogP contribution in [0.4, 0.5) is 0 Å². The molecule has 5 heteroatoms. The second kappa shape index (κ2) is 4.22. The van der Waals surface area contributed by atoms with E-state index in [-0.39, 0.29) is 5.54 Å². The number of hydrogen-bond acceptors (Lipinski definition) is 4. The lowest BCUT2D eigenvalue weighted by atomic mass is 9.98. The van der Waals surface area contributed by atoms with E-state index in [0.29, 0.717) is 12.1 Å². The number of aromatic nitrogens is 3. The number of nitrogens with one attached hydrogen (secondary N) is 1. The Balaban J connectivity index is 2.08. The van der Waals surface area contributed by atoms with Gasteiger partial charge in [-0.1, -0.05) is 0 Å². The number of hydrogen-bond donors (Lipinski definition) is 1. The van der Waals surface area contributed by atoms with Gasteiger partial charge in [0.15, 0.2) is 0 Å². The van der Waals surface area contributed by atoms with Crippen molar-refractivity contribution in [3.63, 3.8) is 0 Å². The first-order chi connectivity index (χ1) is 7.65. The summed E-state index contributed by atoms with van der Waals surface area (Å²) in [5.74, 6) is 0. The van der Waals surface area contributed by atoms with Crippen molar-refractivity contribution in [1.82, 2.24) is 20.1 Å². The molecule has 1 aromatic rings. The molecule has 0 saturated heterocycles. The predicted octanol–water partition coefficient (Wildman–Crippen LogP) is 1.26. The molecule has 0 aromatic carbocycles. The van der Waals surface area contributed by atoms with E-state index in [2.05, 4.69) is 35.3 Å². The summed E-state index contributed by atoms with van der Waals surface area (Å²) >= 11 is 0. The molecule has 2 rings (SSSR count). The molecule has 1 saturated carbocycles. The van der Waals surface area contributed by atoms with E-state index in [0.717, 1.165) is 19.3 Å². The molecular weight excluding hydrogens is 202 g/mol. The largest absolute Gasteiger partial charge is 0.297 e. The van der Waals surface area contributed by atoms with Crippen LogP contribution in [0.5, 0.6) is 0 Å². The maximum atomic E-state index is 9.32. The fourth-order valence-electron chi connectivity index (χ4n) is 2.47. The van der Waals surface area contributed by atoms with Gasteiger partial charge in [0.05, 0.1) is 12.1 Å². The maximum Gasteiger partial charge on any atom is 0.137 e. The van der Waals surface area contributed by atoms with Crippen LogP contribution in [-0.2, 0) is 0 Å². The van der Waals surface area contributed by atoms with Gasteiger partial charge < -0.3 is 0 Å². The molecule has 2 unspecified atom stereocenters. The van der Waals surface area contributed by atoms with Crippen molar-refractivity contribution in [3.05, 3.63) is 12.7 Å². The molecule has 86 valence electrons.